The molecule has 0 fully saturated rings. The number of rotatable bonds is 4. The second-order valence-corrected chi connectivity index (χ2v) is 2.14. The van der Waals surface area contributed by atoms with Crippen LogP contribution in [0.25, 0.3) is 0 Å². The summed E-state index contributed by atoms with van der Waals surface area (Å²) in [5.41, 5.74) is 0. The van der Waals surface area contributed by atoms with Crippen molar-refractivity contribution in [1.82, 2.24) is 0 Å². The molecule has 0 spiro atoms. The number of nitrogens with zero attached hydrogens (tertiary/aromatic N) is 1. The lowest BCUT2D eigenvalue weighted by molar-refractivity contribution is 0.0104. The topological polar surface area (TPSA) is 53.2 Å². The minimum absolute atomic E-state index is 0.324. The molecular formula is C7H13NO2. The van der Waals surface area contributed by atoms with Crippen molar-refractivity contribution in [3.05, 3.63) is 0 Å². The van der Waals surface area contributed by atoms with Gasteiger partial charge in [0.2, 0.25) is 0 Å². The molecule has 0 bridgehead atoms. The van der Waals surface area contributed by atoms with Crippen molar-refractivity contribution in [3.8, 4) is 6.07 Å². The molecule has 0 rings (SSSR count). The molecule has 3 nitrogen and oxygen atoms in total. The zero-order chi connectivity index (χ0) is 7.98. The molecule has 0 amide bonds. The number of hydrogen-bond acceptors (Lipinski definition) is 3. The Bertz CT molecular complexity index is 119. The Balaban J connectivity index is 3.71. The Hall–Kier alpha value is -0.590. The molecular weight excluding hydrogens is 130 g/mol. The van der Waals surface area contributed by atoms with Crippen LogP contribution in [0.1, 0.15) is 19.8 Å². The summed E-state index contributed by atoms with van der Waals surface area (Å²) in [6.45, 7) is 1.98. The molecule has 58 valence electrons. The summed E-state index contributed by atoms with van der Waals surface area (Å²) in [5, 5.41) is 17.2. The number of methoxy groups -OCH3 is 1. The van der Waals surface area contributed by atoms with Gasteiger partial charge in [0.15, 0.2) is 6.10 Å². The Morgan fingerprint density at radius 3 is 2.60 bits per heavy atom. The highest BCUT2D eigenvalue weighted by molar-refractivity contribution is 4.88. The molecule has 0 heterocycles. The highest BCUT2D eigenvalue weighted by Gasteiger charge is 2.15. The molecule has 2 atom stereocenters. The number of ether oxygens (including phenoxy) is 1. The first-order valence-electron chi connectivity index (χ1n) is 3.36. The van der Waals surface area contributed by atoms with E-state index in [2.05, 4.69) is 0 Å². The van der Waals surface area contributed by atoms with Crippen LogP contribution in [0.4, 0.5) is 0 Å². The summed E-state index contributed by atoms with van der Waals surface area (Å²) in [6, 6.07) is 1.73. The second kappa shape index (κ2) is 5.21. The summed E-state index contributed by atoms with van der Waals surface area (Å²) in [4.78, 5) is 0. The third-order valence-corrected chi connectivity index (χ3v) is 1.36. The Labute approximate surface area is 61.2 Å². The van der Waals surface area contributed by atoms with Gasteiger partial charge in [-0.1, -0.05) is 13.3 Å². The predicted molar refractivity (Wildman–Crippen MR) is 37.3 cm³/mol. The maximum absolute atomic E-state index is 8.96. The summed E-state index contributed by atoms with van der Waals surface area (Å²) in [7, 11) is 1.50. The van der Waals surface area contributed by atoms with E-state index in [1.165, 1.54) is 7.11 Å². The number of hydrogen-bond donors (Lipinski definition) is 1. The minimum Gasteiger partial charge on any atom is -0.378 e. The smallest absolute Gasteiger partial charge is 0.166 e. The lowest BCUT2D eigenvalue weighted by Gasteiger charge is -2.14. The summed E-state index contributed by atoms with van der Waals surface area (Å²) in [5.74, 6) is 0. The van der Waals surface area contributed by atoms with Gasteiger partial charge in [0.05, 0.1) is 12.2 Å². The van der Waals surface area contributed by atoms with Crippen molar-refractivity contribution in [2.45, 2.75) is 32.0 Å². The van der Waals surface area contributed by atoms with E-state index < -0.39 is 6.10 Å². The zero-order valence-corrected chi connectivity index (χ0v) is 6.37. The standard InChI is InChI=1S/C7H13NO2/c1-3-4-7(10-2)6(9)5-8/h6-7,9H,3-4H2,1-2H3. The molecule has 0 radical (unpaired) electrons. The third-order valence-electron chi connectivity index (χ3n) is 1.36. The lowest BCUT2D eigenvalue weighted by atomic mass is 10.1. The van der Waals surface area contributed by atoms with E-state index in [1.807, 2.05) is 6.92 Å². The van der Waals surface area contributed by atoms with Gasteiger partial charge in [0.25, 0.3) is 0 Å². The molecule has 1 N–H and O–H groups in total. The number of aliphatic hydroxyl groups excluding tert-OH is 1. The maximum atomic E-state index is 8.96. The van der Waals surface area contributed by atoms with Gasteiger partial charge in [-0.25, -0.2) is 0 Å². The molecule has 0 aliphatic heterocycles. The summed E-state index contributed by atoms with van der Waals surface area (Å²) < 4.78 is 4.87. The SMILES string of the molecule is CCCC(OC)C(O)C#N. The van der Waals surface area contributed by atoms with Crippen LogP contribution in [0.3, 0.4) is 0 Å². The number of aliphatic hydroxyl groups is 1. The summed E-state index contributed by atoms with van der Waals surface area (Å²) >= 11 is 0. The van der Waals surface area contributed by atoms with Crippen molar-refractivity contribution in [2.75, 3.05) is 7.11 Å². The average Bonchev–Trinajstić information content (AvgIpc) is 1.99. The van der Waals surface area contributed by atoms with Crippen LogP contribution in [0, 0.1) is 11.3 Å². The van der Waals surface area contributed by atoms with Crippen LogP contribution >= 0.6 is 0 Å². The van der Waals surface area contributed by atoms with Gasteiger partial charge >= 0.3 is 0 Å². The fourth-order valence-electron chi connectivity index (χ4n) is 0.772. The second-order valence-electron chi connectivity index (χ2n) is 2.14. The fraction of sp³-hybridized carbons (Fsp3) is 0.857. The van der Waals surface area contributed by atoms with Crippen molar-refractivity contribution in [2.24, 2.45) is 0 Å². The molecule has 2 unspecified atom stereocenters. The first-order chi connectivity index (χ1) is 4.76. The highest BCUT2D eigenvalue weighted by Crippen LogP contribution is 2.04. The monoisotopic (exact) mass is 143 g/mol. The van der Waals surface area contributed by atoms with E-state index in [0.717, 1.165) is 12.8 Å². The first kappa shape index (κ1) is 9.41. The van der Waals surface area contributed by atoms with Crippen LogP contribution in [-0.2, 0) is 4.74 Å². The van der Waals surface area contributed by atoms with E-state index in [0.29, 0.717) is 0 Å². The van der Waals surface area contributed by atoms with Gasteiger partial charge in [0, 0.05) is 7.11 Å². The summed E-state index contributed by atoms with van der Waals surface area (Å²) in [6.07, 6.45) is 0.336. The Kier molecular flexibility index (Phi) is 4.91. The van der Waals surface area contributed by atoms with Gasteiger partial charge in [-0.15, -0.1) is 0 Å². The molecule has 0 saturated carbocycles. The van der Waals surface area contributed by atoms with Gasteiger partial charge in [0.1, 0.15) is 0 Å². The molecule has 0 aliphatic carbocycles. The quantitative estimate of drug-likeness (QED) is 0.589. The third kappa shape index (κ3) is 2.81. The van der Waals surface area contributed by atoms with Gasteiger partial charge in [-0.2, -0.15) is 5.26 Å². The fourth-order valence-corrected chi connectivity index (χ4v) is 0.772. The van der Waals surface area contributed by atoms with Crippen molar-refractivity contribution in [3.63, 3.8) is 0 Å². The maximum Gasteiger partial charge on any atom is 0.166 e. The number of nitriles is 1. The largest absolute Gasteiger partial charge is 0.378 e. The molecule has 0 aromatic heterocycles. The van der Waals surface area contributed by atoms with Gasteiger partial charge < -0.3 is 9.84 Å². The zero-order valence-electron chi connectivity index (χ0n) is 6.37. The normalized spacial score (nSPS) is 15.8. The van der Waals surface area contributed by atoms with Gasteiger partial charge in [-0.3, -0.25) is 0 Å². The predicted octanol–water partition coefficient (Wildman–Crippen LogP) is 0.686. The molecule has 0 aromatic carbocycles. The van der Waals surface area contributed by atoms with Gasteiger partial charge in [-0.05, 0) is 6.42 Å². The Morgan fingerprint density at radius 2 is 2.30 bits per heavy atom. The molecule has 0 aromatic rings. The van der Waals surface area contributed by atoms with E-state index in [4.69, 9.17) is 15.1 Å². The first-order valence-corrected chi connectivity index (χ1v) is 3.36. The van der Waals surface area contributed by atoms with Crippen LogP contribution in [0.5, 0.6) is 0 Å². The van der Waals surface area contributed by atoms with Crippen LogP contribution in [0.15, 0.2) is 0 Å². The van der Waals surface area contributed by atoms with E-state index >= 15 is 0 Å². The van der Waals surface area contributed by atoms with Crippen molar-refractivity contribution < 1.29 is 9.84 Å². The van der Waals surface area contributed by atoms with Crippen molar-refractivity contribution >= 4 is 0 Å². The van der Waals surface area contributed by atoms with Crippen LogP contribution < -0.4 is 0 Å². The minimum atomic E-state index is -0.982. The molecule has 3 heteroatoms. The Morgan fingerprint density at radius 1 is 1.70 bits per heavy atom. The van der Waals surface area contributed by atoms with Crippen LogP contribution in [-0.4, -0.2) is 24.4 Å². The average molecular weight is 143 g/mol. The molecule has 10 heavy (non-hydrogen) atoms. The van der Waals surface area contributed by atoms with E-state index in [1.54, 1.807) is 6.07 Å². The van der Waals surface area contributed by atoms with Crippen LogP contribution in [0.2, 0.25) is 0 Å². The molecule has 0 saturated heterocycles. The van der Waals surface area contributed by atoms with E-state index in [-0.39, 0.29) is 6.10 Å². The van der Waals surface area contributed by atoms with Crippen molar-refractivity contribution in [1.29, 1.82) is 5.26 Å². The molecule has 0 aliphatic rings. The highest BCUT2D eigenvalue weighted by atomic mass is 16.5. The lowest BCUT2D eigenvalue weighted by Crippen LogP contribution is -2.25. The van der Waals surface area contributed by atoms with E-state index in [9.17, 15) is 0 Å².